The average Bonchev–Trinajstić information content (AvgIpc) is 3.05. The summed E-state index contributed by atoms with van der Waals surface area (Å²) in [4.78, 5) is 14.2. The van der Waals surface area contributed by atoms with Gasteiger partial charge in [0.05, 0.1) is 24.8 Å². The van der Waals surface area contributed by atoms with Crippen molar-refractivity contribution in [2.45, 2.75) is 56.4 Å². The van der Waals surface area contributed by atoms with Crippen molar-refractivity contribution in [2.24, 2.45) is 11.7 Å². The molecule has 0 aromatic heterocycles. The average molecular weight is 291 g/mol. The van der Waals surface area contributed by atoms with Gasteiger partial charge in [0.2, 0.25) is 5.91 Å². The molecular formula is C13H23ClN2O3. The summed E-state index contributed by atoms with van der Waals surface area (Å²) in [5.41, 5.74) is 6.12. The Labute approximate surface area is 119 Å². The van der Waals surface area contributed by atoms with E-state index in [0.29, 0.717) is 19.1 Å². The van der Waals surface area contributed by atoms with Gasteiger partial charge in [0, 0.05) is 6.54 Å². The zero-order valence-corrected chi connectivity index (χ0v) is 11.8. The lowest BCUT2D eigenvalue weighted by molar-refractivity contribution is -0.136. The SMILES string of the molecule is Cl.N[C@H](C(=O)N1CC[C@H]2OC[C@H](O)[C@H]21)C1CCCC1. The Balaban J connectivity index is 0.00000133. The molecule has 0 aromatic carbocycles. The van der Waals surface area contributed by atoms with Gasteiger partial charge in [0.15, 0.2) is 0 Å². The van der Waals surface area contributed by atoms with Gasteiger partial charge < -0.3 is 20.5 Å². The maximum atomic E-state index is 12.5. The minimum Gasteiger partial charge on any atom is -0.388 e. The van der Waals surface area contributed by atoms with E-state index < -0.39 is 6.10 Å². The number of aliphatic hydroxyl groups is 1. The number of halogens is 1. The van der Waals surface area contributed by atoms with Gasteiger partial charge in [-0.1, -0.05) is 12.8 Å². The van der Waals surface area contributed by atoms with Crippen LogP contribution in [0, 0.1) is 5.92 Å². The molecule has 2 aliphatic heterocycles. The Kier molecular flexibility index (Phi) is 4.71. The third-order valence-electron chi connectivity index (χ3n) is 4.75. The monoisotopic (exact) mass is 290 g/mol. The van der Waals surface area contributed by atoms with E-state index in [1.54, 1.807) is 4.90 Å². The Morgan fingerprint density at radius 1 is 1.32 bits per heavy atom. The van der Waals surface area contributed by atoms with Crippen LogP contribution < -0.4 is 5.73 Å². The summed E-state index contributed by atoms with van der Waals surface area (Å²) >= 11 is 0. The highest BCUT2D eigenvalue weighted by Gasteiger charge is 2.48. The van der Waals surface area contributed by atoms with Crippen LogP contribution in [0.4, 0.5) is 0 Å². The molecule has 4 atom stereocenters. The van der Waals surface area contributed by atoms with Crippen LogP contribution in [0.2, 0.25) is 0 Å². The highest BCUT2D eigenvalue weighted by Crippen LogP contribution is 2.32. The zero-order valence-electron chi connectivity index (χ0n) is 11.0. The molecule has 3 N–H and O–H groups in total. The van der Waals surface area contributed by atoms with Crippen LogP contribution in [0.25, 0.3) is 0 Å². The second-order valence-corrected chi connectivity index (χ2v) is 5.82. The van der Waals surface area contributed by atoms with E-state index in [4.69, 9.17) is 10.5 Å². The number of rotatable bonds is 2. The van der Waals surface area contributed by atoms with E-state index in [9.17, 15) is 9.90 Å². The number of hydrogen-bond donors (Lipinski definition) is 2. The number of carbonyl (C=O) groups excluding carboxylic acids is 1. The summed E-state index contributed by atoms with van der Waals surface area (Å²) in [6.07, 6.45) is 4.79. The number of carbonyl (C=O) groups is 1. The largest absolute Gasteiger partial charge is 0.388 e. The van der Waals surface area contributed by atoms with Crippen molar-refractivity contribution >= 4 is 18.3 Å². The number of aliphatic hydroxyl groups excluding tert-OH is 1. The molecule has 1 amide bonds. The second kappa shape index (κ2) is 5.95. The molecule has 110 valence electrons. The first kappa shape index (κ1) is 15.0. The van der Waals surface area contributed by atoms with E-state index >= 15 is 0 Å². The van der Waals surface area contributed by atoms with Crippen LogP contribution in [0.1, 0.15) is 32.1 Å². The van der Waals surface area contributed by atoms with Crippen LogP contribution in [0.3, 0.4) is 0 Å². The molecule has 6 heteroatoms. The first-order valence-corrected chi connectivity index (χ1v) is 7.04. The number of nitrogens with zero attached hydrogens (tertiary/aromatic N) is 1. The van der Waals surface area contributed by atoms with Crippen molar-refractivity contribution in [2.75, 3.05) is 13.2 Å². The highest BCUT2D eigenvalue weighted by atomic mass is 35.5. The van der Waals surface area contributed by atoms with Gasteiger partial charge in [-0.15, -0.1) is 12.4 Å². The van der Waals surface area contributed by atoms with Crippen LogP contribution in [0.5, 0.6) is 0 Å². The minimum absolute atomic E-state index is 0. The summed E-state index contributed by atoms with van der Waals surface area (Å²) in [6.45, 7) is 1.02. The standard InChI is InChI=1S/C13H22N2O3.ClH/c14-11(8-3-1-2-4-8)13(17)15-6-5-10-12(15)9(16)7-18-10;/h8-12,16H,1-7,14H2;1H/t9-,10+,11-,12+;/m0./s1. The first-order valence-electron chi connectivity index (χ1n) is 7.04. The fourth-order valence-corrected chi connectivity index (χ4v) is 3.71. The van der Waals surface area contributed by atoms with Gasteiger partial charge >= 0.3 is 0 Å². The fourth-order valence-electron chi connectivity index (χ4n) is 3.71. The van der Waals surface area contributed by atoms with Gasteiger partial charge in [-0.25, -0.2) is 0 Å². The topological polar surface area (TPSA) is 75.8 Å². The smallest absolute Gasteiger partial charge is 0.240 e. The summed E-state index contributed by atoms with van der Waals surface area (Å²) in [7, 11) is 0. The third-order valence-corrected chi connectivity index (χ3v) is 4.75. The Morgan fingerprint density at radius 3 is 2.68 bits per heavy atom. The maximum absolute atomic E-state index is 12.5. The summed E-state index contributed by atoms with van der Waals surface area (Å²) in [6, 6.07) is -0.552. The molecule has 0 radical (unpaired) electrons. The number of ether oxygens (including phenoxy) is 1. The van der Waals surface area contributed by atoms with Crippen molar-refractivity contribution in [1.29, 1.82) is 0 Å². The number of fused-ring (bicyclic) bond motifs is 1. The maximum Gasteiger partial charge on any atom is 0.240 e. The van der Waals surface area contributed by atoms with Crippen molar-refractivity contribution in [1.82, 2.24) is 4.90 Å². The van der Waals surface area contributed by atoms with Crippen LogP contribution in [-0.4, -0.2) is 53.4 Å². The van der Waals surface area contributed by atoms with Gasteiger partial charge in [-0.3, -0.25) is 4.79 Å². The van der Waals surface area contributed by atoms with Crippen molar-refractivity contribution < 1.29 is 14.6 Å². The van der Waals surface area contributed by atoms with Gasteiger partial charge in [-0.05, 0) is 25.2 Å². The van der Waals surface area contributed by atoms with Gasteiger partial charge in [0.25, 0.3) is 0 Å². The molecule has 0 spiro atoms. The molecular weight excluding hydrogens is 268 g/mol. The number of likely N-dealkylation sites (tertiary alicyclic amines) is 1. The number of hydrogen-bond acceptors (Lipinski definition) is 4. The Hall–Kier alpha value is -0.360. The van der Waals surface area contributed by atoms with Crippen LogP contribution in [0.15, 0.2) is 0 Å². The molecule has 0 unspecified atom stereocenters. The van der Waals surface area contributed by atoms with E-state index in [2.05, 4.69) is 0 Å². The van der Waals surface area contributed by atoms with Gasteiger partial charge in [-0.2, -0.15) is 0 Å². The lowest BCUT2D eigenvalue weighted by atomic mass is 9.97. The van der Waals surface area contributed by atoms with E-state index in [-0.39, 0.29) is 36.5 Å². The summed E-state index contributed by atoms with van der Waals surface area (Å²) < 4.78 is 5.49. The van der Waals surface area contributed by atoms with Crippen molar-refractivity contribution in [3.05, 3.63) is 0 Å². The molecule has 0 bridgehead atoms. The molecule has 1 aliphatic carbocycles. The lowest BCUT2D eigenvalue weighted by Crippen LogP contribution is -2.52. The second-order valence-electron chi connectivity index (χ2n) is 5.82. The molecule has 3 rings (SSSR count). The predicted molar refractivity (Wildman–Crippen MR) is 73.0 cm³/mol. The Morgan fingerprint density at radius 2 is 2.00 bits per heavy atom. The lowest BCUT2D eigenvalue weighted by Gasteiger charge is -2.30. The third kappa shape index (κ3) is 2.61. The molecule has 1 saturated carbocycles. The molecule has 2 saturated heterocycles. The molecule has 3 aliphatic rings. The fraction of sp³-hybridized carbons (Fsp3) is 0.923. The summed E-state index contributed by atoms with van der Waals surface area (Å²) in [5, 5.41) is 9.91. The normalized spacial score (nSPS) is 36.1. The predicted octanol–water partition coefficient (Wildman–Crippen LogP) is 0.286. The number of nitrogens with two attached hydrogens (primary N) is 1. The number of amides is 1. The Bertz CT molecular complexity index is 336. The van der Waals surface area contributed by atoms with Gasteiger partial charge in [0.1, 0.15) is 6.10 Å². The molecule has 0 aromatic rings. The first-order chi connectivity index (χ1) is 8.68. The van der Waals surface area contributed by atoms with E-state index in [1.807, 2.05) is 0 Å². The van der Waals surface area contributed by atoms with Crippen LogP contribution >= 0.6 is 12.4 Å². The summed E-state index contributed by atoms with van der Waals surface area (Å²) in [5.74, 6) is 0.343. The van der Waals surface area contributed by atoms with Crippen molar-refractivity contribution in [3.8, 4) is 0 Å². The van der Waals surface area contributed by atoms with Crippen molar-refractivity contribution in [3.63, 3.8) is 0 Å². The minimum atomic E-state index is -0.544. The molecule has 19 heavy (non-hydrogen) atoms. The molecule has 3 fully saturated rings. The quantitative estimate of drug-likeness (QED) is 0.766. The highest BCUT2D eigenvalue weighted by molar-refractivity contribution is 5.85. The zero-order chi connectivity index (χ0) is 12.7. The molecule has 2 heterocycles. The van der Waals surface area contributed by atoms with Crippen LogP contribution in [-0.2, 0) is 9.53 Å². The molecule has 5 nitrogen and oxygen atoms in total. The van der Waals surface area contributed by atoms with E-state index in [0.717, 1.165) is 19.3 Å². The van der Waals surface area contributed by atoms with E-state index in [1.165, 1.54) is 12.8 Å².